The first kappa shape index (κ1) is 16.4. The highest BCUT2D eigenvalue weighted by Crippen LogP contribution is 2.13. The van der Waals surface area contributed by atoms with Crippen LogP contribution in [0, 0.1) is 0 Å². The second kappa shape index (κ2) is 9.90. The number of methoxy groups -OCH3 is 1. The molecule has 1 heterocycles. The molecule has 2 rings (SSSR count). The molecule has 1 aliphatic heterocycles. The molecule has 1 atom stereocenters. The number of rotatable bonds is 10. The lowest BCUT2D eigenvalue weighted by Crippen LogP contribution is -2.33. The minimum absolute atomic E-state index is 0.632. The van der Waals surface area contributed by atoms with E-state index < -0.39 is 0 Å². The summed E-state index contributed by atoms with van der Waals surface area (Å²) in [4.78, 5) is 2.53. The van der Waals surface area contributed by atoms with Crippen molar-refractivity contribution in [2.24, 2.45) is 0 Å². The van der Waals surface area contributed by atoms with Crippen molar-refractivity contribution in [1.82, 2.24) is 10.2 Å². The average molecular weight is 292 g/mol. The molecule has 0 aromatic heterocycles. The largest absolute Gasteiger partial charge is 0.382 e. The van der Waals surface area contributed by atoms with Gasteiger partial charge in [0.25, 0.3) is 0 Å². The highest BCUT2D eigenvalue weighted by molar-refractivity contribution is 5.14. The second-order valence-electron chi connectivity index (χ2n) is 5.62. The number of nitrogens with zero attached hydrogens (tertiary/aromatic N) is 1. The molecule has 1 unspecified atom stereocenters. The van der Waals surface area contributed by atoms with Gasteiger partial charge in [0.05, 0.1) is 13.2 Å². The fourth-order valence-corrected chi connectivity index (χ4v) is 2.71. The lowest BCUT2D eigenvalue weighted by atomic mass is 10.2. The van der Waals surface area contributed by atoms with Gasteiger partial charge in [0.1, 0.15) is 0 Å². The lowest BCUT2D eigenvalue weighted by molar-refractivity contribution is 0.0692. The van der Waals surface area contributed by atoms with Crippen LogP contribution in [0.15, 0.2) is 30.3 Å². The van der Waals surface area contributed by atoms with Crippen molar-refractivity contribution in [3.8, 4) is 0 Å². The summed E-state index contributed by atoms with van der Waals surface area (Å²) in [5.41, 5.74) is 1.41. The van der Waals surface area contributed by atoms with E-state index in [1.54, 1.807) is 7.11 Å². The number of benzene rings is 1. The summed E-state index contributed by atoms with van der Waals surface area (Å²) in [6, 6.07) is 11.4. The fraction of sp³-hybridized carbons (Fsp3) is 0.647. The van der Waals surface area contributed by atoms with E-state index in [1.165, 1.54) is 18.5 Å². The van der Waals surface area contributed by atoms with Crippen LogP contribution in [0.1, 0.15) is 18.4 Å². The third-order valence-electron chi connectivity index (χ3n) is 3.85. The van der Waals surface area contributed by atoms with E-state index in [0.717, 1.165) is 32.7 Å². The van der Waals surface area contributed by atoms with Gasteiger partial charge < -0.3 is 14.8 Å². The molecule has 1 saturated heterocycles. The number of hydrogen-bond donors (Lipinski definition) is 1. The predicted molar refractivity (Wildman–Crippen MR) is 85.4 cm³/mol. The molecule has 118 valence electrons. The number of ether oxygens (including phenoxy) is 2. The molecule has 4 heteroatoms. The highest BCUT2D eigenvalue weighted by Gasteiger charge is 2.21. The first-order valence-electron chi connectivity index (χ1n) is 7.95. The summed E-state index contributed by atoms with van der Waals surface area (Å²) in [7, 11) is 1.70. The Bertz CT molecular complexity index is 372. The van der Waals surface area contributed by atoms with Gasteiger partial charge in [-0.2, -0.15) is 0 Å². The number of hydrogen-bond acceptors (Lipinski definition) is 4. The molecule has 4 nitrogen and oxygen atoms in total. The average Bonchev–Trinajstić information content (AvgIpc) is 2.95. The summed E-state index contributed by atoms with van der Waals surface area (Å²) in [5, 5.41) is 3.64. The van der Waals surface area contributed by atoms with Crippen LogP contribution in [0.3, 0.4) is 0 Å². The molecule has 0 radical (unpaired) electrons. The van der Waals surface area contributed by atoms with Gasteiger partial charge in [-0.3, -0.25) is 4.90 Å². The number of likely N-dealkylation sites (tertiary alicyclic amines) is 1. The summed E-state index contributed by atoms with van der Waals surface area (Å²) in [6.45, 7) is 6.65. The molecule has 1 aliphatic rings. The normalized spacial score (nSPS) is 19.2. The summed E-state index contributed by atoms with van der Waals surface area (Å²) < 4.78 is 10.4. The molecule has 0 bridgehead atoms. The van der Waals surface area contributed by atoms with Gasteiger partial charge in [0.2, 0.25) is 0 Å². The monoisotopic (exact) mass is 292 g/mol. The Hall–Kier alpha value is -0.940. The Kier molecular flexibility index (Phi) is 7.75. The van der Waals surface area contributed by atoms with Crippen LogP contribution in [0.2, 0.25) is 0 Å². The van der Waals surface area contributed by atoms with Crippen LogP contribution in [-0.4, -0.2) is 57.5 Å². The number of nitrogens with one attached hydrogen (secondary N) is 1. The molecule has 1 aromatic rings. The Labute approximate surface area is 128 Å². The van der Waals surface area contributed by atoms with Gasteiger partial charge in [0, 0.05) is 39.4 Å². The van der Waals surface area contributed by atoms with E-state index in [1.807, 2.05) is 0 Å². The Balaban J connectivity index is 1.52. The third-order valence-corrected chi connectivity index (χ3v) is 3.85. The van der Waals surface area contributed by atoms with Crippen molar-refractivity contribution in [2.45, 2.75) is 25.4 Å². The van der Waals surface area contributed by atoms with Gasteiger partial charge in [-0.15, -0.1) is 0 Å². The predicted octanol–water partition coefficient (Wildman–Crippen LogP) is 1.90. The molecule has 0 aliphatic carbocycles. The van der Waals surface area contributed by atoms with Gasteiger partial charge in [0.15, 0.2) is 0 Å². The van der Waals surface area contributed by atoms with Gasteiger partial charge >= 0.3 is 0 Å². The van der Waals surface area contributed by atoms with Crippen molar-refractivity contribution in [3.63, 3.8) is 0 Å². The van der Waals surface area contributed by atoms with E-state index in [9.17, 15) is 0 Å². The standard InChI is InChI=1S/C17H28N2O2/c1-20-12-13-21-11-5-9-18-17-8-10-19(15-17)14-16-6-3-2-4-7-16/h2-4,6-7,17-18H,5,8-15H2,1H3. The molecule has 0 saturated carbocycles. The van der Waals surface area contributed by atoms with Crippen LogP contribution in [0.25, 0.3) is 0 Å². The van der Waals surface area contributed by atoms with E-state index in [4.69, 9.17) is 9.47 Å². The second-order valence-corrected chi connectivity index (χ2v) is 5.62. The molecule has 1 N–H and O–H groups in total. The third kappa shape index (κ3) is 6.57. The SMILES string of the molecule is COCCOCCCNC1CCN(Cc2ccccc2)C1. The van der Waals surface area contributed by atoms with Crippen LogP contribution in [0.4, 0.5) is 0 Å². The summed E-state index contributed by atoms with van der Waals surface area (Å²) in [5.74, 6) is 0. The first-order valence-corrected chi connectivity index (χ1v) is 7.95. The lowest BCUT2D eigenvalue weighted by Gasteiger charge is -2.16. The maximum atomic E-state index is 5.46. The van der Waals surface area contributed by atoms with E-state index in [2.05, 4.69) is 40.5 Å². The summed E-state index contributed by atoms with van der Waals surface area (Å²) in [6.07, 6.45) is 2.32. The zero-order chi connectivity index (χ0) is 14.8. The van der Waals surface area contributed by atoms with Crippen LogP contribution < -0.4 is 5.32 Å². The topological polar surface area (TPSA) is 33.7 Å². The van der Waals surface area contributed by atoms with Crippen molar-refractivity contribution >= 4 is 0 Å². The maximum Gasteiger partial charge on any atom is 0.0700 e. The van der Waals surface area contributed by atoms with Crippen LogP contribution in [0.5, 0.6) is 0 Å². The Morgan fingerprint density at radius 3 is 2.86 bits per heavy atom. The summed E-state index contributed by atoms with van der Waals surface area (Å²) >= 11 is 0. The van der Waals surface area contributed by atoms with E-state index >= 15 is 0 Å². The van der Waals surface area contributed by atoms with E-state index in [-0.39, 0.29) is 0 Å². The molecular formula is C17H28N2O2. The van der Waals surface area contributed by atoms with Crippen LogP contribution >= 0.6 is 0 Å². The maximum absolute atomic E-state index is 5.46. The zero-order valence-corrected chi connectivity index (χ0v) is 13.1. The molecule has 1 aromatic carbocycles. The van der Waals surface area contributed by atoms with Crippen LogP contribution in [-0.2, 0) is 16.0 Å². The molecule has 1 fully saturated rings. The van der Waals surface area contributed by atoms with Gasteiger partial charge in [-0.25, -0.2) is 0 Å². The fourth-order valence-electron chi connectivity index (χ4n) is 2.71. The molecule has 0 spiro atoms. The van der Waals surface area contributed by atoms with Gasteiger partial charge in [-0.1, -0.05) is 30.3 Å². The van der Waals surface area contributed by atoms with Crippen molar-refractivity contribution in [2.75, 3.05) is 46.6 Å². The quantitative estimate of drug-likeness (QED) is 0.668. The van der Waals surface area contributed by atoms with Crippen molar-refractivity contribution in [3.05, 3.63) is 35.9 Å². The van der Waals surface area contributed by atoms with Gasteiger partial charge in [-0.05, 0) is 24.9 Å². The minimum atomic E-state index is 0.632. The highest BCUT2D eigenvalue weighted by atomic mass is 16.5. The Morgan fingerprint density at radius 2 is 2.05 bits per heavy atom. The van der Waals surface area contributed by atoms with E-state index in [0.29, 0.717) is 19.3 Å². The van der Waals surface area contributed by atoms with Crippen molar-refractivity contribution in [1.29, 1.82) is 0 Å². The first-order chi connectivity index (χ1) is 10.4. The molecule has 0 amide bonds. The zero-order valence-electron chi connectivity index (χ0n) is 13.1. The minimum Gasteiger partial charge on any atom is -0.382 e. The molecule has 21 heavy (non-hydrogen) atoms. The molecular weight excluding hydrogens is 264 g/mol. The van der Waals surface area contributed by atoms with Crippen molar-refractivity contribution < 1.29 is 9.47 Å². The Morgan fingerprint density at radius 1 is 1.19 bits per heavy atom. The smallest absolute Gasteiger partial charge is 0.0700 e.